The Hall–Kier alpha value is -2.32. The Bertz CT molecular complexity index is 940. The standard InChI is InChI=1S/C22H23NSi/c1-24(2,3)22(17-11-5-4-6-12-17)23-20-15-9-7-13-18(20)19-14-8-10-16-21(19)23/h4-16,22H,1-3H3. The van der Waals surface area contributed by atoms with E-state index in [9.17, 15) is 0 Å². The molecule has 4 aromatic rings. The van der Waals surface area contributed by atoms with E-state index in [1.807, 2.05) is 0 Å². The van der Waals surface area contributed by atoms with Gasteiger partial charge in [-0.05, 0) is 17.7 Å². The van der Waals surface area contributed by atoms with Crippen molar-refractivity contribution in [3.63, 3.8) is 0 Å². The molecule has 0 aliphatic rings. The van der Waals surface area contributed by atoms with E-state index in [0.29, 0.717) is 5.67 Å². The van der Waals surface area contributed by atoms with Crippen molar-refractivity contribution in [3.05, 3.63) is 84.4 Å². The van der Waals surface area contributed by atoms with Crippen LogP contribution in [0.1, 0.15) is 11.2 Å². The van der Waals surface area contributed by atoms with E-state index < -0.39 is 8.07 Å². The van der Waals surface area contributed by atoms with E-state index in [4.69, 9.17) is 0 Å². The van der Waals surface area contributed by atoms with Crippen LogP contribution in [0, 0.1) is 0 Å². The van der Waals surface area contributed by atoms with Crippen LogP contribution < -0.4 is 0 Å². The second kappa shape index (κ2) is 5.64. The molecular weight excluding hydrogens is 306 g/mol. The molecule has 1 unspecified atom stereocenters. The first-order valence-corrected chi connectivity index (χ1v) is 12.2. The van der Waals surface area contributed by atoms with Gasteiger partial charge in [-0.2, -0.15) is 0 Å². The molecule has 120 valence electrons. The summed E-state index contributed by atoms with van der Waals surface area (Å²) in [6.07, 6.45) is 0. The van der Waals surface area contributed by atoms with Crippen LogP contribution in [0.5, 0.6) is 0 Å². The number of benzene rings is 3. The minimum absolute atomic E-state index is 0.420. The van der Waals surface area contributed by atoms with Gasteiger partial charge in [0.05, 0.1) is 13.7 Å². The van der Waals surface area contributed by atoms with Crippen molar-refractivity contribution in [1.29, 1.82) is 0 Å². The van der Waals surface area contributed by atoms with Gasteiger partial charge in [0.15, 0.2) is 0 Å². The van der Waals surface area contributed by atoms with Gasteiger partial charge in [-0.3, -0.25) is 0 Å². The molecule has 1 heterocycles. The Morgan fingerprint density at radius 2 is 1.08 bits per heavy atom. The molecule has 1 atom stereocenters. The van der Waals surface area contributed by atoms with Gasteiger partial charge in [-0.25, -0.2) is 0 Å². The lowest BCUT2D eigenvalue weighted by Crippen LogP contribution is -2.36. The highest BCUT2D eigenvalue weighted by Crippen LogP contribution is 2.38. The van der Waals surface area contributed by atoms with Gasteiger partial charge >= 0.3 is 0 Å². The molecule has 0 spiro atoms. The Morgan fingerprint density at radius 3 is 1.58 bits per heavy atom. The number of fused-ring (bicyclic) bond motifs is 3. The second-order valence-electron chi connectivity index (χ2n) is 7.58. The van der Waals surface area contributed by atoms with Crippen LogP contribution in [0.15, 0.2) is 78.9 Å². The van der Waals surface area contributed by atoms with Gasteiger partial charge in [0.1, 0.15) is 0 Å². The normalized spacial score (nSPS) is 13.5. The van der Waals surface area contributed by atoms with E-state index in [-0.39, 0.29) is 0 Å². The molecule has 24 heavy (non-hydrogen) atoms. The lowest BCUT2D eigenvalue weighted by Gasteiger charge is -2.32. The highest BCUT2D eigenvalue weighted by atomic mass is 28.3. The predicted molar refractivity (Wildman–Crippen MR) is 107 cm³/mol. The van der Waals surface area contributed by atoms with Crippen molar-refractivity contribution in [3.8, 4) is 0 Å². The first-order valence-electron chi connectivity index (χ1n) is 8.60. The van der Waals surface area contributed by atoms with Crippen molar-refractivity contribution in [1.82, 2.24) is 4.57 Å². The predicted octanol–water partition coefficient (Wildman–Crippen LogP) is 6.26. The van der Waals surface area contributed by atoms with E-state index >= 15 is 0 Å². The van der Waals surface area contributed by atoms with Crippen molar-refractivity contribution < 1.29 is 0 Å². The van der Waals surface area contributed by atoms with Crippen LogP contribution in [-0.4, -0.2) is 12.6 Å². The van der Waals surface area contributed by atoms with Gasteiger partial charge in [-0.1, -0.05) is 86.4 Å². The Balaban J connectivity index is 2.12. The SMILES string of the molecule is C[Si](C)(C)C(c1ccccc1)n1c2ccccc2c2ccccc21. The maximum atomic E-state index is 2.59. The molecule has 0 amide bonds. The summed E-state index contributed by atoms with van der Waals surface area (Å²) >= 11 is 0. The summed E-state index contributed by atoms with van der Waals surface area (Å²) < 4.78 is 2.59. The largest absolute Gasteiger partial charge is 0.336 e. The molecule has 0 aliphatic heterocycles. The summed E-state index contributed by atoms with van der Waals surface area (Å²) in [4.78, 5) is 0. The van der Waals surface area contributed by atoms with Crippen molar-refractivity contribution in [2.24, 2.45) is 0 Å². The van der Waals surface area contributed by atoms with Crippen LogP contribution in [-0.2, 0) is 0 Å². The second-order valence-corrected chi connectivity index (χ2v) is 12.9. The van der Waals surface area contributed by atoms with E-state index in [2.05, 4.69) is 103 Å². The fourth-order valence-electron chi connectivity index (χ4n) is 3.90. The minimum Gasteiger partial charge on any atom is -0.336 e. The highest BCUT2D eigenvalue weighted by Gasteiger charge is 2.31. The van der Waals surface area contributed by atoms with Gasteiger partial charge in [0, 0.05) is 21.8 Å². The Labute approximate surface area is 144 Å². The molecule has 0 saturated heterocycles. The maximum absolute atomic E-state index is 2.59. The van der Waals surface area contributed by atoms with E-state index in [1.165, 1.54) is 27.4 Å². The Kier molecular flexibility index (Phi) is 3.58. The number of hydrogen-bond donors (Lipinski definition) is 0. The van der Waals surface area contributed by atoms with Crippen molar-refractivity contribution >= 4 is 29.9 Å². The number of hydrogen-bond acceptors (Lipinski definition) is 0. The molecule has 0 bridgehead atoms. The highest BCUT2D eigenvalue weighted by molar-refractivity contribution is 6.77. The van der Waals surface area contributed by atoms with Crippen molar-refractivity contribution in [2.75, 3.05) is 0 Å². The molecule has 0 saturated carbocycles. The summed E-state index contributed by atoms with van der Waals surface area (Å²) in [6, 6.07) is 28.6. The Morgan fingerprint density at radius 1 is 0.625 bits per heavy atom. The number of aromatic nitrogens is 1. The maximum Gasteiger partial charge on any atom is 0.0767 e. The molecule has 0 aliphatic carbocycles. The third-order valence-corrected chi connectivity index (χ3v) is 7.04. The average Bonchev–Trinajstić information content (AvgIpc) is 2.90. The molecule has 1 aromatic heterocycles. The van der Waals surface area contributed by atoms with Crippen LogP contribution in [0.2, 0.25) is 19.6 Å². The molecule has 0 radical (unpaired) electrons. The summed E-state index contributed by atoms with van der Waals surface area (Å²) in [5.41, 5.74) is 4.52. The number of rotatable bonds is 3. The minimum atomic E-state index is -1.50. The molecular formula is C22H23NSi. The van der Waals surface area contributed by atoms with Crippen LogP contribution in [0.25, 0.3) is 21.8 Å². The van der Waals surface area contributed by atoms with Gasteiger partial charge < -0.3 is 4.57 Å². The first-order chi connectivity index (χ1) is 11.6. The first kappa shape index (κ1) is 15.2. The summed E-state index contributed by atoms with van der Waals surface area (Å²) in [5, 5.41) is 2.71. The molecule has 4 rings (SSSR count). The van der Waals surface area contributed by atoms with Crippen LogP contribution in [0.3, 0.4) is 0 Å². The average molecular weight is 330 g/mol. The summed E-state index contributed by atoms with van der Waals surface area (Å²) in [6.45, 7) is 7.40. The van der Waals surface area contributed by atoms with E-state index in [1.54, 1.807) is 0 Å². The number of para-hydroxylation sites is 2. The monoisotopic (exact) mass is 329 g/mol. The van der Waals surface area contributed by atoms with Gasteiger partial charge in [0.25, 0.3) is 0 Å². The van der Waals surface area contributed by atoms with Gasteiger partial charge in [-0.15, -0.1) is 0 Å². The fraction of sp³-hybridized carbons (Fsp3) is 0.182. The van der Waals surface area contributed by atoms with Crippen molar-refractivity contribution in [2.45, 2.75) is 25.3 Å². The number of nitrogens with zero attached hydrogens (tertiary/aromatic N) is 1. The molecule has 3 aromatic carbocycles. The van der Waals surface area contributed by atoms with Gasteiger partial charge in [0.2, 0.25) is 0 Å². The lowest BCUT2D eigenvalue weighted by atomic mass is 10.2. The lowest BCUT2D eigenvalue weighted by molar-refractivity contribution is 0.793. The zero-order valence-corrected chi connectivity index (χ0v) is 15.5. The third-order valence-electron chi connectivity index (χ3n) is 4.81. The smallest absolute Gasteiger partial charge is 0.0767 e. The topological polar surface area (TPSA) is 4.93 Å². The quantitative estimate of drug-likeness (QED) is 0.391. The van der Waals surface area contributed by atoms with E-state index in [0.717, 1.165) is 0 Å². The third kappa shape index (κ3) is 2.38. The fourth-order valence-corrected chi connectivity index (χ4v) is 6.15. The molecule has 1 nitrogen and oxygen atoms in total. The molecule has 0 fully saturated rings. The molecule has 2 heteroatoms. The molecule has 0 N–H and O–H groups in total. The summed E-state index contributed by atoms with van der Waals surface area (Å²) in [7, 11) is -1.50. The zero-order chi connectivity index (χ0) is 16.7. The summed E-state index contributed by atoms with van der Waals surface area (Å²) in [5.74, 6) is 0. The van der Waals surface area contributed by atoms with Crippen LogP contribution in [0.4, 0.5) is 0 Å². The zero-order valence-electron chi connectivity index (χ0n) is 14.5. The van der Waals surface area contributed by atoms with Crippen LogP contribution >= 0.6 is 0 Å².